The molecule has 1 heterocycles. The summed E-state index contributed by atoms with van der Waals surface area (Å²) in [5, 5.41) is 0. The number of fused-ring (bicyclic) bond motifs is 1. The standard InChI is InChI=1S/C9H9NO3/c10-6-4-5-7(11)2-1-3-8(5)13-9(6)12/h4H,1-3,10H2. The number of nitrogens with two attached hydrogens (primary N) is 1. The third-order valence-corrected chi connectivity index (χ3v) is 2.16. The van der Waals surface area contributed by atoms with E-state index in [1.165, 1.54) is 6.07 Å². The third-order valence-electron chi connectivity index (χ3n) is 2.16. The van der Waals surface area contributed by atoms with E-state index in [1.807, 2.05) is 0 Å². The highest BCUT2D eigenvalue weighted by Gasteiger charge is 2.20. The highest BCUT2D eigenvalue weighted by molar-refractivity contribution is 5.98. The number of ketones is 1. The zero-order chi connectivity index (χ0) is 9.42. The lowest BCUT2D eigenvalue weighted by molar-refractivity contribution is 0.0966. The van der Waals surface area contributed by atoms with Crippen LogP contribution in [0.25, 0.3) is 0 Å². The summed E-state index contributed by atoms with van der Waals surface area (Å²) in [6.07, 6.45) is 1.91. The number of anilines is 1. The normalized spacial score (nSPS) is 15.5. The zero-order valence-electron chi connectivity index (χ0n) is 7.00. The van der Waals surface area contributed by atoms with Gasteiger partial charge in [-0.15, -0.1) is 0 Å². The SMILES string of the molecule is Nc1cc2c(oc1=O)CCCC2=O. The van der Waals surface area contributed by atoms with Crippen LogP contribution in [0.3, 0.4) is 0 Å². The molecule has 1 aromatic rings. The van der Waals surface area contributed by atoms with Gasteiger partial charge in [0.25, 0.3) is 0 Å². The molecule has 2 N–H and O–H groups in total. The second-order valence-electron chi connectivity index (χ2n) is 3.10. The maximum Gasteiger partial charge on any atom is 0.359 e. The van der Waals surface area contributed by atoms with E-state index in [-0.39, 0.29) is 11.5 Å². The number of carbonyl (C=O) groups excluding carboxylic acids is 1. The van der Waals surface area contributed by atoms with Gasteiger partial charge in [0.2, 0.25) is 0 Å². The summed E-state index contributed by atoms with van der Waals surface area (Å²) in [4.78, 5) is 22.3. The molecule has 4 heteroatoms. The molecule has 1 aliphatic carbocycles. The molecule has 0 saturated heterocycles. The Balaban J connectivity index is 2.65. The lowest BCUT2D eigenvalue weighted by atomic mass is 9.96. The Bertz CT molecular complexity index is 419. The van der Waals surface area contributed by atoms with Gasteiger partial charge in [0.1, 0.15) is 11.4 Å². The molecule has 1 aromatic heterocycles. The maximum absolute atomic E-state index is 11.3. The van der Waals surface area contributed by atoms with Gasteiger partial charge in [-0.25, -0.2) is 4.79 Å². The lowest BCUT2D eigenvalue weighted by Gasteiger charge is -2.12. The van der Waals surface area contributed by atoms with E-state index in [4.69, 9.17) is 10.2 Å². The summed E-state index contributed by atoms with van der Waals surface area (Å²) in [5.74, 6) is 0.493. The molecular weight excluding hydrogens is 170 g/mol. The Kier molecular flexibility index (Phi) is 1.69. The van der Waals surface area contributed by atoms with Gasteiger partial charge in [-0.3, -0.25) is 4.79 Å². The predicted octanol–water partition coefficient (Wildman–Crippen LogP) is 0.741. The molecule has 0 amide bonds. The van der Waals surface area contributed by atoms with E-state index in [1.54, 1.807) is 0 Å². The summed E-state index contributed by atoms with van der Waals surface area (Å²) < 4.78 is 4.90. The molecule has 1 aliphatic rings. The number of hydrogen-bond donors (Lipinski definition) is 1. The van der Waals surface area contributed by atoms with Gasteiger partial charge in [0.05, 0.1) is 5.56 Å². The first-order chi connectivity index (χ1) is 6.18. The van der Waals surface area contributed by atoms with Gasteiger partial charge in [-0.05, 0) is 12.5 Å². The van der Waals surface area contributed by atoms with Crippen molar-refractivity contribution in [2.75, 3.05) is 5.73 Å². The highest BCUT2D eigenvalue weighted by Crippen LogP contribution is 2.20. The average molecular weight is 179 g/mol. The number of hydrogen-bond acceptors (Lipinski definition) is 4. The van der Waals surface area contributed by atoms with Crippen LogP contribution in [-0.4, -0.2) is 5.78 Å². The topological polar surface area (TPSA) is 73.3 Å². The summed E-state index contributed by atoms with van der Waals surface area (Å²) in [6.45, 7) is 0. The third kappa shape index (κ3) is 1.24. The molecule has 4 nitrogen and oxygen atoms in total. The zero-order valence-corrected chi connectivity index (χ0v) is 7.00. The molecule has 68 valence electrons. The van der Waals surface area contributed by atoms with E-state index in [2.05, 4.69) is 0 Å². The van der Waals surface area contributed by atoms with Crippen molar-refractivity contribution in [1.29, 1.82) is 0 Å². The lowest BCUT2D eigenvalue weighted by Crippen LogP contribution is -2.16. The van der Waals surface area contributed by atoms with E-state index >= 15 is 0 Å². The highest BCUT2D eigenvalue weighted by atomic mass is 16.4. The molecule has 0 aliphatic heterocycles. The largest absolute Gasteiger partial charge is 0.426 e. The van der Waals surface area contributed by atoms with Crippen molar-refractivity contribution in [1.82, 2.24) is 0 Å². The van der Waals surface area contributed by atoms with E-state index in [0.717, 1.165) is 6.42 Å². The van der Waals surface area contributed by atoms with Gasteiger partial charge >= 0.3 is 5.63 Å². The predicted molar refractivity (Wildman–Crippen MR) is 46.7 cm³/mol. The minimum atomic E-state index is -0.548. The Morgan fingerprint density at radius 1 is 1.31 bits per heavy atom. The fourth-order valence-electron chi connectivity index (χ4n) is 1.49. The number of nitrogen functional groups attached to an aromatic ring is 1. The van der Waals surface area contributed by atoms with Crippen molar-refractivity contribution in [3.63, 3.8) is 0 Å². The Hall–Kier alpha value is -1.58. The molecule has 0 spiro atoms. The van der Waals surface area contributed by atoms with Crippen LogP contribution < -0.4 is 11.4 Å². The van der Waals surface area contributed by atoms with E-state index in [0.29, 0.717) is 24.2 Å². The number of Topliss-reactive ketones (excluding diaryl/α,β-unsaturated/α-hetero) is 1. The summed E-state index contributed by atoms with van der Waals surface area (Å²) in [6, 6.07) is 1.42. The minimum Gasteiger partial charge on any atom is -0.426 e. The molecule has 0 fully saturated rings. The molecule has 0 saturated carbocycles. The molecule has 0 aromatic carbocycles. The molecule has 0 bridgehead atoms. The Morgan fingerprint density at radius 2 is 2.08 bits per heavy atom. The monoisotopic (exact) mass is 179 g/mol. The summed E-state index contributed by atoms with van der Waals surface area (Å²) in [5.41, 5.74) is 5.28. The molecule has 0 atom stereocenters. The van der Waals surface area contributed by atoms with Crippen LogP contribution in [0.15, 0.2) is 15.3 Å². The van der Waals surface area contributed by atoms with Crippen LogP contribution in [0.1, 0.15) is 29.0 Å². The van der Waals surface area contributed by atoms with Crippen molar-refractivity contribution in [3.8, 4) is 0 Å². The van der Waals surface area contributed by atoms with Gasteiger partial charge in [-0.2, -0.15) is 0 Å². The second kappa shape index (κ2) is 2.73. The quantitative estimate of drug-likeness (QED) is 0.637. The molecule has 0 radical (unpaired) electrons. The number of carbonyl (C=O) groups is 1. The first-order valence-electron chi connectivity index (χ1n) is 4.14. The fourth-order valence-corrected chi connectivity index (χ4v) is 1.49. The number of aryl methyl sites for hydroxylation is 1. The van der Waals surface area contributed by atoms with Gasteiger partial charge in [-0.1, -0.05) is 0 Å². The van der Waals surface area contributed by atoms with Crippen molar-refractivity contribution in [3.05, 3.63) is 27.8 Å². The van der Waals surface area contributed by atoms with Crippen LogP contribution in [0.2, 0.25) is 0 Å². The van der Waals surface area contributed by atoms with E-state index in [9.17, 15) is 9.59 Å². The molecular formula is C9H9NO3. The van der Waals surface area contributed by atoms with Gasteiger partial charge in [0, 0.05) is 12.8 Å². The van der Waals surface area contributed by atoms with Gasteiger partial charge in [0.15, 0.2) is 5.78 Å². The van der Waals surface area contributed by atoms with Crippen LogP contribution in [-0.2, 0) is 6.42 Å². The average Bonchev–Trinajstić information content (AvgIpc) is 2.09. The number of rotatable bonds is 0. The summed E-state index contributed by atoms with van der Waals surface area (Å²) >= 11 is 0. The first-order valence-corrected chi connectivity index (χ1v) is 4.14. The van der Waals surface area contributed by atoms with Crippen LogP contribution in [0.4, 0.5) is 5.69 Å². The van der Waals surface area contributed by atoms with Crippen molar-refractivity contribution in [2.24, 2.45) is 0 Å². The van der Waals surface area contributed by atoms with E-state index < -0.39 is 5.63 Å². The molecule has 2 rings (SSSR count). The summed E-state index contributed by atoms with van der Waals surface area (Å²) in [7, 11) is 0. The molecule has 0 unspecified atom stereocenters. The maximum atomic E-state index is 11.3. The van der Waals surface area contributed by atoms with Crippen LogP contribution in [0.5, 0.6) is 0 Å². The van der Waals surface area contributed by atoms with Crippen LogP contribution >= 0.6 is 0 Å². The first kappa shape index (κ1) is 8.04. The van der Waals surface area contributed by atoms with Crippen molar-refractivity contribution >= 4 is 11.5 Å². The van der Waals surface area contributed by atoms with Gasteiger partial charge < -0.3 is 10.2 Å². The second-order valence-corrected chi connectivity index (χ2v) is 3.10. The fraction of sp³-hybridized carbons (Fsp3) is 0.333. The van der Waals surface area contributed by atoms with Crippen molar-refractivity contribution in [2.45, 2.75) is 19.3 Å². The van der Waals surface area contributed by atoms with Crippen molar-refractivity contribution < 1.29 is 9.21 Å². The van der Waals surface area contributed by atoms with Crippen LogP contribution in [0, 0.1) is 0 Å². The Labute approximate surface area is 74.4 Å². The molecule has 13 heavy (non-hydrogen) atoms. The smallest absolute Gasteiger partial charge is 0.359 e. The minimum absolute atomic E-state index is 0.00833. The Morgan fingerprint density at radius 3 is 2.85 bits per heavy atom.